The zero-order chi connectivity index (χ0) is 22.5. The highest BCUT2D eigenvalue weighted by Gasteiger charge is 2.54. The van der Waals surface area contributed by atoms with Crippen molar-refractivity contribution in [2.75, 3.05) is 37.9 Å². The van der Waals surface area contributed by atoms with Gasteiger partial charge in [-0.25, -0.2) is 9.97 Å². The highest BCUT2D eigenvalue weighted by atomic mass is 16.5. The highest BCUT2D eigenvalue weighted by Crippen LogP contribution is 2.44. The van der Waals surface area contributed by atoms with Gasteiger partial charge in [-0.05, 0) is 12.1 Å². The fourth-order valence-electron chi connectivity index (χ4n) is 3.75. The van der Waals surface area contributed by atoms with Crippen LogP contribution >= 0.6 is 0 Å². The number of fused-ring (bicyclic) bond motifs is 2. The van der Waals surface area contributed by atoms with Gasteiger partial charge < -0.3 is 25.4 Å². The van der Waals surface area contributed by atoms with Crippen LogP contribution in [0.15, 0.2) is 30.6 Å². The predicted octanol–water partition coefficient (Wildman–Crippen LogP) is 1.29. The van der Waals surface area contributed by atoms with E-state index < -0.39 is 7.04 Å². The Morgan fingerprint density at radius 3 is 3.07 bits per heavy atom. The van der Waals surface area contributed by atoms with E-state index in [0.29, 0.717) is 53.6 Å². The van der Waals surface area contributed by atoms with Gasteiger partial charge in [0.25, 0.3) is 5.91 Å². The number of hydrogen-bond acceptors (Lipinski definition) is 8. The maximum Gasteiger partial charge on any atom is 0.257 e. The summed E-state index contributed by atoms with van der Waals surface area (Å²) in [5.41, 5.74) is 1.00. The minimum atomic E-state index is -2.65. The van der Waals surface area contributed by atoms with Gasteiger partial charge in [0.2, 0.25) is 5.88 Å². The van der Waals surface area contributed by atoms with E-state index in [9.17, 15) is 4.79 Å². The quantitative estimate of drug-likeness (QED) is 0.569. The Morgan fingerprint density at radius 1 is 1.41 bits per heavy atom. The number of nitrogens with one attached hydrogen (secondary N) is 3. The summed E-state index contributed by atoms with van der Waals surface area (Å²) in [5, 5.41) is 13.4. The van der Waals surface area contributed by atoms with Crippen LogP contribution in [-0.4, -0.2) is 58.8 Å². The number of hydrogen-bond donors (Lipinski definition) is 3. The van der Waals surface area contributed by atoms with E-state index in [-0.39, 0.29) is 17.8 Å². The largest absolute Gasteiger partial charge is 0.480 e. The van der Waals surface area contributed by atoms with Gasteiger partial charge in [0.15, 0.2) is 5.65 Å². The first-order valence-corrected chi connectivity index (χ1v) is 9.20. The van der Waals surface area contributed by atoms with Crippen molar-refractivity contribution in [1.29, 1.82) is 0 Å². The Bertz CT molecular complexity index is 1170. The van der Waals surface area contributed by atoms with Crippen molar-refractivity contribution in [2.45, 2.75) is 6.04 Å². The SMILES string of the molecule is [2H]C([2H])([2H])Oc1ncccc1Nc1cc(NC)n2ncc(C(=O)NC3[C@H]4COC[C@@H]34)c2n1. The Balaban J connectivity index is 1.45. The second kappa shape index (κ2) is 6.89. The number of methoxy groups -OCH3 is 1. The molecule has 3 aromatic heterocycles. The molecule has 1 saturated heterocycles. The summed E-state index contributed by atoms with van der Waals surface area (Å²) >= 11 is 0. The van der Waals surface area contributed by atoms with Gasteiger partial charge in [-0.15, -0.1) is 0 Å². The minimum Gasteiger partial charge on any atom is -0.480 e. The zero-order valence-electron chi connectivity index (χ0n) is 18.5. The standard InChI is InChI=1S/C19H21N7O3/c1-20-15-6-14(23-13-4-3-5-21-19(13)28-2)24-17-10(7-22-26(15)17)18(27)25-16-11-8-29-9-12(11)16/h3-7,11-12,16,20H,8-9H2,1-2H3,(H,23,24)(H,25,27)/t11-,12+,16?/i2D3. The van der Waals surface area contributed by atoms with E-state index in [2.05, 4.69) is 31.0 Å². The number of ether oxygens (including phenoxy) is 2. The average molecular weight is 398 g/mol. The van der Waals surface area contributed by atoms with Crippen LogP contribution in [-0.2, 0) is 4.74 Å². The minimum absolute atomic E-state index is 0.0888. The summed E-state index contributed by atoms with van der Waals surface area (Å²) in [7, 11) is -0.931. The zero-order valence-corrected chi connectivity index (χ0v) is 15.5. The second-order valence-electron chi connectivity index (χ2n) is 7.02. The molecule has 29 heavy (non-hydrogen) atoms. The number of carbonyl (C=O) groups is 1. The first kappa shape index (κ1) is 14.6. The molecule has 1 unspecified atom stereocenters. The summed E-state index contributed by atoms with van der Waals surface area (Å²) in [5.74, 6) is 1.35. The van der Waals surface area contributed by atoms with E-state index in [1.165, 1.54) is 16.9 Å². The molecule has 0 radical (unpaired) electrons. The van der Waals surface area contributed by atoms with E-state index in [1.807, 2.05) is 0 Å². The van der Waals surface area contributed by atoms with Crippen molar-refractivity contribution >= 4 is 28.9 Å². The Labute approximate surface area is 170 Å². The summed E-state index contributed by atoms with van der Waals surface area (Å²) in [4.78, 5) is 21.4. The van der Waals surface area contributed by atoms with Crippen molar-refractivity contribution in [1.82, 2.24) is 24.9 Å². The lowest BCUT2D eigenvalue weighted by Crippen LogP contribution is -2.29. The van der Waals surface area contributed by atoms with Crippen LogP contribution in [0.5, 0.6) is 5.88 Å². The molecule has 4 heterocycles. The van der Waals surface area contributed by atoms with E-state index in [4.69, 9.17) is 13.6 Å². The third kappa shape index (κ3) is 3.01. The molecule has 1 amide bonds. The molecule has 1 saturated carbocycles. The van der Waals surface area contributed by atoms with E-state index in [1.54, 1.807) is 25.2 Å². The third-order valence-corrected chi connectivity index (χ3v) is 5.35. The summed E-state index contributed by atoms with van der Waals surface area (Å²) in [6.07, 6.45) is 2.91. The Morgan fingerprint density at radius 2 is 2.28 bits per heavy atom. The van der Waals surface area contributed by atoms with E-state index in [0.717, 1.165) is 0 Å². The monoisotopic (exact) mass is 398 g/mol. The number of rotatable bonds is 6. The second-order valence-corrected chi connectivity index (χ2v) is 7.02. The van der Waals surface area contributed by atoms with Gasteiger partial charge in [-0.3, -0.25) is 4.79 Å². The van der Waals surface area contributed by atoms with Crippen LogP contribution in [0.3, 0.4) is 0 Å². The van der Waals surface area contributed by atoms with Gasteiger partial charge in [-0.2, -0.15) is 9.61 Å². The van der Waals surface area contributed by atoms with Crippen LogP contribution in [0.2, 0.25) is 0 Å². The molecular formula is C19H21N7O3. The third-order valence-electron chi connectivity index (χ3n) is 5.35. The number of amides is 1. The molecule has 150 valence electrons. The number of aromatic nitrogens is 4. The smallest absolute Gasteiger partial charge is 0.257 e. The molecular weight excluding hydrogens is 374 g/mol. The maximum absolute atomic E-state index is 12.9. The predicted molar refractivity (Wildman–Crippen MR) is 106 cm³/mol. The molecule has 10 nitrogen and oxygen atoms in total. The molecule has 1 aliphatic carbocycles. The summed E-state index contributed by atoms with van der Waals surface area (Å²) < 4.78 is 33.9. The van der Waals surface area contributed by atoms with Gasteiger partial charge >= 0.3 is 0 Å². The molecule has 10 heteroatoms. The molecule has 3 atom stereocenters. The molecule has 0 bridgehead atoms. The first-order chi connectivity index (χ1) is 15.3. The van der Waals surface area contributed by atoms with E-state index >= 15 is 0 Å². The van der Waals surface area contributed by atoms with Gasteiger partial charge in [0.1, 0.15) is 22.9 Å². The topological polar surface area (TPSA) is 115 Å². The summed E-state index contributed by atoms with van der Waals surface area (Å²) in [6.45, 7) is 1.35. The normalized spacial score (nSPS) is 24.2. The molecule has 5 rings (SSSR count). The molecule has 0 aromatic carbocycles. The van der Waals surface area contributed by atoms with Crippen molar-refractivity contribution in [2.24, 2.45) is 11.8 Å². The number of nitrogens with zero attached hydrogens (tertiary/aromatic N) is 4. The van der Waals surface area contributed by atoms with Gasteiger partial charge in [0.05, 0.1) is 30.6 Å². The van der Waals surface area contributed by atoms with Crippen LogP contribution in [0.1, 0.15) is 14.5 Å². The van der Waals surface area contributed by atoms with Crippen molar-refractivity contribution in [3.05, 3.63) is 36.2 Å². The van der Waals surface area contributed by atoms with Crippen molar-refractivity contribution < 1.29 is 18.4 Å². The number of anilines is 3. The Kier molecular flexibility index (Phi) is 3.46. The fourth-order valence-corrected chi connectivity index (χ4v) is 3.75. The molecule has 2 aliphatic rings. The lowest BCUT2D eigenvalue weighted by Gasteiger charge is -2.12. The fraction of sp³-hybridized carbons (Fsp3) is 0.368. The van der Waals surface area contributed by atoms with Crippen LogP contribution < -0.4 is 20.7 Å². The average Bonchev–Trinajstić information content (AvgIpc) is 3.12. The lowest BCUT2D eigenvalue weighted by atomic mass is 10.3. The summed E-state index contributed by atoms with van der Waals surface area (Å²) in [6, 6.07) is 5.05. The highest BCUT2D eigenvalue weighted by molar-refractivity contribution is 6.00. The number of pyridine rings is 1. The van der Waals surface area contributed by atoms with Gasteiger partial charge in [0, 0.05) is 37.2 Å². The maximum atomic E-state index is 12.9. The van der Waals surface area contributed by atoms with Crippen molar-refractivity contribution in [3.63, 3.8) is 0 Å². The van der Waals surface area contributed by atoms with Crippen LogP contribution in [0, 0.1) is 11.8 Å². The Hall–Kier alpha value is -3.40. The molecule has 0 spiro atoms. The van der Waals surface area contributed by atoms with Crippen LogP contribution in [0.4, 0.5) is 17.3 Å². The lowest BCUT2D eigenvalue weighted by molar-refractivity contribution is 0.0930. The van der Waals surface area contributed by atoms with Crippen LogP contribution in [0.25, 0.3) is 5.65 Å². The molecule has 3 N–H and O–H groups in total. The molecule has 3 aromatic rings. The van der Waals surface area contributed by atoms with Crippen molar-refractivity contribution in [3.8, 4) is 5.88 Å². The van der Waals surface area contributed by atoms with Gasteiger partial charge in [-0.1, -0.05) is 0 Å². The first-order valence-electron chi connectivity index (χ1n) is 10.7. The molecule has 2 fully saturated rings. The molecule has 1 aliphatic heterocycles. The number of carbonyl (C=O) groups excluding carboxylic acids is 1.